The van der Waals surface area contributed by atoms with Gasteiger partial charge < -0.3 is 9.47 Å². The lowest BCUT2D eigenvalue weighted by Gasteiger charge is -2.10. The van der Waals surface area contributed by atoms with Crippen LogP contribution in [0.25, 0.3) is 0 Å². The second-order valence-corrected chi connectivity index (χ2v) is 1.88. The summed E-state index contributed by atoms with van der Waals surface area (Å²) in [5.74, 6) is 0. The van der Waals surface area contributed by atoms with Crippen LogP contribution in [0, 0.1) is 6.42 Å². The second kappa shape index (κ2) is 6.78. The third-order valence-corrected chi connectivity index (χ3v) is 1.16. The Labute approximate surface area is 62.8 Å². The van der Waals surface area contributed by atoms with E-state index < -0.39 is 0 Å². The molecule has 0 spiro atoms. The second-order valence-electron chi connectivity index (χ2n) is 1.88. The summed E-state index contributed by atoms with van der Waals surface area (Å²) in [4.78, 5) is 0. The van der Waals surface area contributed by atoms with Gasteiger partial charge in [0.2, 0.25) is 0 Å². The van der Waals surface area contributed by atoms with E-state index in [1.807, 2.05) is 25.5 Å². The van der Waals surface area contributed by atoms with E-state index in [0.717, 1.165) is 6.42 Å². The predicted molar refractivity (Wildman–Crippen MR) is 41.5 cm³/mol. The number of methoxy groups -OCH3 is 2. The Morgan fingerprint density at radius 2 is 1.90 bits per heavy atom. The molecule has 0 aliphatic carbocycles. The molecule has 0 atom stereocenters. The molecule has 0 fully saturated rings. The minimum atomic E-state index is -0.170. The molecule has 59 valence electrons. The van der Waals surface area contributed by atoms with Crippen molar-refractivity contribution in [3.05, 3.63) is 18.6 Å². The minimum absolute atomic E-state index is 0.170. The lowest BCUT2D eigenvalue weighted by molar-refractivity contribution is -0.0788. The molecule has 2 heteroatoms. The molecule has 10 heavy (non-hydrogen) atoms. The molecule has 0 aliphatic heterocycles. The molecule has 0 bridgehead atoms. The molecule has 2 nitrogen and oxygen atoms in total. The monoisotopic (exact) mass is 143 g/mol. The van der Waals surface area contributed by atoms with Gasteiger partial charge in [0, 0.05) is 20.6 Å². The summed E-state index contributed by atoms with van der Waals surface area (Å²) >= 11 is 0. The van der Waals surface area contributed by atoms with Gasteiger partial charge >= 0.3 is 0 Å². The number of allylic oxidation sites excluding steroid dienone is 2. The Hall–Kier alpha value is -0.340. The topological polar surface area (TPSA) is 18.5 Å². The van der Waals surface area contributed by atoms with E-state index in [1.54, 1.807) is 14.2 Å². The summed E-state index contributed by atoms with van der Waals surface area (Å²) in [5.41, 5.74) is 0. The summed E-state index contributed by atoms with van der Waals surface area (Å²) in [5, 5.41) is 0. The quantitative estimate of drug-likeness (QED) is 0.431. The normalized spacial score (nSPS) is 11.6. The molecule has 1 radical (unpaired) electrons. The van der Waals surface area contributed by atoms with E-state index >= 15 is 0 Å². The van der Waals surface area contributed by atoms with E-state index in [2.05, 4.69) is 0 Å². The van der Waals surface area contributed by atoms with Crippen molar-refractivity contribution in [2.45, 2.75) is 19.6 Å². The zero-order chi connectivity index (χ0) is 7.82. The molecule has 0 aliphatic rings. The van der Waals surface area contributed by atoms with E-state index in [0.29, 0.717) is 0 Å². The Morgan fingerprint density at radius 1 is 1.30 bits per heavy atom. The summed E-state index contributed by atoms with van der Waals surface area (Å²) in [6.45, 7) is 1.99. The van der Waals surface area contributed by atoms with Crippen LogP contribution in [-0.2, 0) is 9.47 Å². The first-order chi connectivity index (χ1) is 4.85. The van der Waals surface area contributed by atoms with Crippen LogP contribution in [0.4, 0.5) is 0 Å². The Morgan fingerprint density at radius 3 is 2.30 bits per heavy atom. The van der Waals surface area contributed by atoms with E-state index in [-0.39, 0.29) is 6.29 Å². The highest BCUT2D eigenvalue weighted by atomic mass is 16.7. The smallest absolute Gasteiger partial charge is 0.160 e. The summed E-state index contributed by atoms with van der Waals surface area (Å²) < 4.78 is 9.87. The highest BCUT2D eigenvalue weighted by Gasteiger charge is 2.01. The van der Waals surface area contributed by atoms with E-state index in [1.165, 1.54) is 0 Å². The zero-order valence-electron chi connectivity index (χ0n) is 6.83. The van der Waals surface area contributed by atoms with Crippen molar-refractivity contribution in [3.8, 4) is 0 Å². The third-order valence-electron chi connectivity index (χ3n) is 1.16. The molecule has 0 amide bonds. The van der Waals surface area contributed by atoms with Crippen LogP contribution >= 0.6 is 0 Å². The number of hydrogen-bond acceptors (Lipinski definition) is 2. The van der Waals surface area contributed by atoms with Gasteiger partial charge in [0.05, 0.1) is 0 Å². The van der Waals surface area contributed by atoms with Crippen LogP contribution < -0.4 is 0 Å². The lowest BCUT2D eigenvalue weighted by Crippen LogP contribution is -2.12. The van der Waals surface area contributed by atoms with Crippen LogP contribution in [0.2, 0.25) is 0 Å². The Bertz CT molecular complexity index is 85.3. The van der Waals surface area contributed by atoms with E-state index in [4.69, 9.17) is 9.47 Å². The largest absolute Gasteiger partial charge is 0.356 e. The van der Waals surface area contributed by atoms with Crippen molar-refractivity contribution in [2.75, 3.05) is 14.2 Å². The van der Waals surface area contributed by atoms with Gasteiger partial charge in [-0.25, -0.2) is 0 Å². The van der Waals surface area contributed by atoms with Crippen molar-refractivity contribution < 1.29 is 9.47 Å². The fourth-order valence-corrected chi connectivity index (χ4v) is 0.614. The molecule has 0 heterocycles. The first-order valence-corrected chi connectivity index (χ1v) is 3.35. The molecule has 0 saturated carbocycles. The first kappa shape index (κ1) is 9.66. The molecule has 0 aromatic heterocycles. The maximum absolute atomic E-state index is 4.93. The highest BCUT2D eigenvalue weighted by Crippen LogP contribution is 2.00. The SMILES string of the molecule is C/C=C/C[CH]C(OC)OC. The standard InChI is InChI=1S/C8H15O2/c1-4-5-6-7-8(9-2)10-3/h4-5,7-8H,6H2,1-3H3/b5-4+. The van der Waals surface area contributed by atoms with Gasteiger partial charge in [0.1, 0.15) is 0 Å². The van der Waals surface area contributed by atoms with Crippen molar-refractivity contribution in [2.24, 2.45) is 0 Å². The maximum atomic E-state index is 4.93. The molecule has 0 aromatic carbocycles. The maximum Gasteiger partial charge on any atom is 0.160 e. The van der Waals surface area contributed by atoms with Crippen LogP contribution in [-0.4, -0.2) is 20.5 Å². The molecular weight excluding hydrogens is 128 g/mol. The number of hydrogen-bond donors (Lipinski definition) is 0. The fraction of sp³-hybridized carbons (Fsp3) is 0.625. The van der Waals surface area contributed by atoms with Crippen LogP contribution in [0.3, 0.4) is 0 Å². The van der Waals surface area contributed by atoms with E-state index in [9.17, 15) is 0 Å². The van der Waals surface area contributed by atoms with Crippen LogP contribution in [0.5, 0.6) is 0 Å². The average molecular weight is 143 g/mol. The van der Waals surface area contributed by atoms with Gasteiger partial charge in [-0.2, -0.15) is 0 Å². The Balaban J connectivity index is 3.25. The fourth-order valence-electron chi connectivity index (χ4n) is 0.614. The van der Waals surface area contributed by atoms with Gasteiger partial charge in [0.25, 0.3) is 0 Å². The van der Waals surface area contributed by atoms with Crippen LogP contribution in [0.1, 0.15) is 13.3 Å². The highest BCUT2D eigenvalue weighted by molar-refractivity contribution is 4.85. The lowest BCUT2D eigenvalue weighted by atomic mass is 10.3. The Kier molecular flexibility index (Phi) is 6.55. The number of ether oxygens (including phenoxy) is 2. The van der Waals surface area contributed by atoms with Crippen molar-refractivity contribution >= 4 is 0 Å². The predicted octanol–water partition coefficient (Wildman–Crippen LogP) is 1.78. The molecule has 0 saturated heterocycles. The van der Waals surface area contributed by atoms with Crippen LogP contribution in [0.15, 0.2) is 12.2 Å². The third kappa shape index (κ3) is 4.53. The van der Waals surface area contributed by atoms with Crippen molar-refractivity contribution in [1.29, 1.82) is 0 Å². The molecular formula is C8H15O2. The van der Waals surface area contributed by atoms with Gasteiger partial charge in [0.15, 0.2) is 6.29 Å². The van der Waals surface area contributed by atoms with Crippen molar-refractivity contribution in [1.82, 2.24) is 0 Å². The molecule has 0 unspecified atom stereocenters. The number of rotatable bonds is 5. The summed E-state index contributed by atoms with van der Waals surface area (Å²) in [6, 6.07) is 0. The average Bonchev–Trinajstić information content (AvgIpc) is 1.99. The summed E-state index contributed by atoms with van der Waals surface area (Å²) in [6.07, 6.45) is 6.73. The van der Waals surface area contributed by atoms with Gasteiger partial charge in [-0.3, -0.25) is 0 Å². The van der Waals surface area contributed by atoms with Crippen molar-refractivity contribution in [3.63, 3.8) is 0 Å². The zero-order valence-corrected chi connectivity index (χ0v) is 6.83. The summed E-state index contributed by atoms with van der Waals surface area (Å²) in [7, 11) is 3.25. The van der Waals surface area contributed by atoms with Gasteiger partial charge in [-0.05, 0) is 13.3 Å². The molecule has 0 N–H and O–H groups in total. The first-order valence-electron chi connectivity index (χ1n) is 3.35. The minimum Gasteiger partial charge on any atom is -0.356 e. The van der Waals surface area contributed by atoms with Gasteiger partial charge in [-0.1, -0.05) is 12.2 Å². The van der Waals surface area contributed by atoms with Gasteiger partial charge in [-0.15, -0.1) is 0 Å². The molecule has 0 aromatic rings. The molecule has 0 rings (SSSR count).